The maximum atomic E-state index is 12.3. The first-order chi connectivity index (χ1) is 12.7. The van der Waals surface area contributed by atoms with E-state index < -0.39 is 0 Å². The number of nitrogens with zero attached hydrogens (tertiary/aromatic N) is 5. The van der Waals surface area contributed by atoms with Crippen molar-refractivity contribution in [2.45, 2.75) is 26.0 Å². The monoisotopic (exact) mass is 358 g/mol. The Morgan fingerprint density at radius 2 is 2.12 bits per heavy atom. The van der Waals surface area contributed by atoms with Gasteiger partial charge in [-0.1, -0.05) is 13.0 Å². The first-order valence-electron chi connectivity index (χ1n) is 9.02. The summed E-state index contributed by atoms with van der Waals surface area (Å²) in [6, 6.07) is 3.80. The Bertz CT molecular complexity index is 680. The van der Waals surface area contributed by atoms with Crippen LogP contribution in [0.25, 0.3) is 5.82 Å². The summed E-state index contributed by atoms with van der Waals surface area (Å²) in [6.45, 7) is 6.06. The number of aromatic nitrogens is 3. The van der Waals surface area contributed by atoms with E-state index in [1.54, 1.807) is 18.7 Å². The van der Waals surface area contributed by atoms with Crippen molar-refractivity contribution in [3.63, 3.8) is 0 Å². The predicted octanol–water partition coefficient (Wildman–Crippen LogP) is 0.865. The minimum Gasteiger partial charge on any atom is -0.392 e. The second kappa shape index (κ2) is 8.77. The summed E-state index contributed by atoms with van der Waals surface area (Å²) in [5.41, 5.74) is 0.951. The number of hydrogen-bond acceptors (Lipinski definition) is 5. The van der Waals surface area contributed by atoms with Gasteiger partial charge in [-0.25, -0.2) is 14.8 Å². The SMILES string of the molecule is CCC(O)CN1CCN(C(=O)NCc2ccc(-n3ccnc3)nc2)CC1. The number of hydrogen-bond donors (Lipinski definition) is 2. The van der Waals surface area contributed by atoms with Gasteiger partial charge in [-0.2, -0.15) is 0 Å². The van der Waals surface area contributed by atoms with Crippen LogP contribution in [0.3, 0.4) is 0 Å². The highest BCUT2D eigenvalue weighted by atomic mass is 16.3. The molecule has 0 spiro atoms. The number of aliphatic hydroxyl groups excluding tert-OH is 1. The molecule has 26 heavy (non-hydrogen) atoms. The van der Waals surface area contributed by atoms with E-state index in [1.807, 2.05) is 34.7 Å². The summed E-state index contributed by atoms with van der Waals surface area (Å²) >= 11 is 0. The number of rotatable bonds is 6. The maximum Gasteiger partial charge on any atom is 0.317 e. The van der Waals surface area contributed by atoms with Crippen LogP contribution in [-0.4, -0.2) is 74.3 Å². The molecule has 2 aromatic rings. The van der Waals surface area contributed by atoms with Crippen molar-refractivity contribution in [2.24, 2.45) is 0 Å². The molecule has 2 N–H and O–H groups in total. The molecule has 1 unspecified atom stereocenters. The second-order valence-electron chi connectivity index (χ2n) is 6.50. The molecule has 0 saturated carbocycles. The highest BCUT2D eigenvalue weighted by molar-refractivity contribution is 5.74. The Kier molecular flexibility index (Phi) is 6.19. The van der Waals surface area contributed by atoms with Crippen LogP contribution < -0.4 is 5.32 Å². The lowest BCUT2D eigenvalue weighted by molar-refractivity contribution is 0.0791. The van der Waals surface area contributed by atoms with Crippen LogP contribution >= 0.6 is 0 Å². The molecule has 0 aromatic carbocycles. The zero-order chi connectivity index (χ0) is 18.4. The van der Waals surface area contributed by atoms with Gasteiger partial charge in [-0.05, 0) is 18.1 Å². The Balaban J connectivity index is 1.43. The first kappa shape index (κ1) is 18.3. The average molecular weight is 358 g/mol. The minimum atomic E-state index is -0.284. The zero-order valence-electron chi connectivity index (χ0n) is 15.1. The summed E-state index contributed by atoms with van der Waals surface area (Å²) in [4.78, 5) is 24.7. The van der Waals surface area contributed by atoms with Gasteiger partial charge in [0.05, 0.1) is 6.10 Å². The van der Waals surface area contributed by atoms with E-state index in [0.29, 0.717) is 26.2 Å². The van der Waals surface area contributed by atoms with Crippen molar-refractivity contribution in [1.29, 1.82) is 0 Å². The van der Waals surface area contributed by atoms with E-state index in [-0.39, 0.29) is 12.1 Å². The van der Waals surface area contributed by atoms with Crippen LogP contribution in [-0.2, 0) is 6.54 Å². The summed E-state index contributed by atoms with van der Waals surface area (Å²) in [5, 5.41) is 12.7. The maximum absolute atomic E-state index is 12.3. The molecule has 2 amide bonds. The molecule has 140 valence electrons. The van der Waals surface area contributed by atoms with Crippen molar-refractivity contribution in [2.75, 3.05) is 32.7 Å². The van der Waals surface area contributed by atoms with Crippen molar-refractivity contribution >= 4 is 6.03 Å². The average Bonchev–Trinajstić information content (AvgIpc) is 3.22. The molecule has 1 aliphatic rings. The quantitative estimate of drug-likeness (QED) is 0.800. The smallest absolute Gasteiger partial charge is 0.317 e. The number of carbonyl (C=O) groups excluding carboxylic acids is 1. The van der Waals surface area contributed by atoms with Gasteiger partial charge < -0.3 is 15.3 Å². The van der Waals surface area contributed by atoms with Crippen LogP contribution in [0.1, 0.15) is 18.9 Å². The fourth-order valence-electron chi connectivity index (χ4n) is 2.92. The van der Waals surface area contributed by atoms with Gasteiger partial charge in [0.1, 0.15) is 12.1 Å². The Morgan fingerprint density at radius 3 is 2.73 bits per heavy atom. The van der Waals surface area contributed by atoms with Crippen molar-refractivity contribution < 1.29 is 9.90 Å². The topological polar surface area (TPSA) is 86.5 Å². The molecule has 1 fully saturated rings. The number of urea groups is 1. The Labute approximate surface area is 153 Å². The van der Waals surface area contributed by atoms with E-state index in [4.69, 9.17) is 0 Å². The van der Waals surface area contributed by atoms with E-state index in [0.717, 1.165) is 30.9 Å². The number of β-amino-alcohol motifs (C(OH)–C–C–N with tert-alkyl or cyclic N) is 1. The summed E-state index contributed by atoms with van der Waals surface area (Å²) in [7, 11) is 0. The third kappa shape index (κ3) is 4.80. The second-order valence-corrected chi connectivity index (χ2v) is 6.50. The molecule has 0 bridgehead atoms. The van der Waals surface area contributed by atoms with E-state index in [2.05, 4.69) is 20.2 Å². The van der Waals surface area contributed by atoms with Gasteiger partial charge >= 0.3 is 6.03 Å². The van der Waals surface area contributed by atoms with Crippen LogP contribution in [0, 0.1) is 0 Å². The van der Waals surface area contributed by atoms with Crippen LogP contribution in [0.15, 0.2) is 37.1 Å². The van der Waals surface area contributed by atoms with Gasteiger partial charge in [-0.15, -0.1) is 0 Å². The highest BCUT2D eigenvalue weighted by Crippen LogP contribution is 2.07. The fraction of sp³-hybridized carbons (Fsp3) is 0.500. The molecule has 0 aliphatic carbocycles. The molecule has 1 saturated heterocycles. The van der Waals surface area contributed by atoms with Gasteiger partial charge in [0.25, 0.3) is 0 Å². The first-order valence-corrected chi connectivity index (χ1v) is 9.02. The number of piperazine rings is 1. The molecule has 1 atom stereocenters. The van der Waals surface area contributed by atoms with Gasteiger partial charge in [-0.3, -0.25) is 9.47 Å². The zero-order valence-corrected chi connectivity index (χ0v) is 15.1. The number of aliphatic hydroxyl groups is 1. The number of pyridine rings is 1. The summed E-state index contributed by atoms with van der Waals surface area (Å²) in [6.07, 6.45) is 7.48. The molecule has 1 aliphatic heterocycles. The molecular weight excluding hydrogens is 332 g/mol. The Hall–Kier alpha value is -2.45. The molecule has 2 aromatic heterocycles. The van der Waals surface area contributed by atoms with Gasteiger partial charge in [0.2, 0.25) is 0 Å². The predicted molar refractivity (Wildman–Crippen MR) is 97.9 cm³/mol. The molecular formula is C18H26N6O2. The lowest BCUT2D eigenvalue weighted by Gasteiger charge is -2.35. The van der Waals surface area contributed by atoms with Crippen molar-refractivity contribution in [1.82, 2.24) is 29.7 Å². The summed E-state index contributed by atoms with van der Waals surface area (Å²) in [5.74, 6) is 0.794. The van der Waals surface area contributed by atoms with E-state index in [1.165, 1.54) is 0 Å². The van der Waals surface area contributed by atoms with Crippen LogP contribution in [0.4, 0.5) is 4.79 Å². The normalized spacial score (nSPS) is 16.5. The Morgan fingerprint density at radius 1 is 1.31 bits per heavy atom. The lowest BCUT2D eigenvalue weighted by atomic mass is 10.2. The molecule has 8 nitrogen and oxygen atoms in total. The number of nitrogens with one attached hydrogen (secondary N) is 1. The molecule has 8 heteroatoms. The number of amides is 2. The third-order valence-electron chi connectivity index (χ3n) is 4.62. The summed E-state index contributed by atoms with van der Waals surface area (Å²) < 4.78 is 1.83. The minimum absolute atomic E-state index is 0.0561. The van der Waals surface area contributed by atoms with Gasteiger partial charge in [0.15, 0.2) is 0 Å². The lowest BCUT2D eigenvalue weighted by Crippen LogP contribution is -2.52. The standard InChI is InChI=1S/C18H26N6O2/c1-2-16(25)13-22-7-9-23(10-8-22)18(26)21-12-15-3-4-17(20-11-15)24-6-5-19-14-24/h3-6,11,14,16,25H,2,7-10,12-13H2,1H3,(H,21,26). The van der Waals surface area contributed by atoms with Crippen LogP contribution in [0.5, 0.6) is 0 Å². The van der Waals surface area contributed by atoms with E-state index in [9.17, 15) is 9.90 Å². The van der Waals surface area contributed by atoms with Gasteiger partial charge in [0, 0.05) is 57.9 Å². The largest absolute Gasteiger partial charge is 0.392 e. The number of carbonyl (C=O) groups is 1. The van der Waals surface area contributed by atoms with Crippen LogP contribution in [0.2, 0.25) is 0 Å². The van der Waals surface area contributed by atoms with Crippen molar-refractivity contribution in [3.05, 3.63) is 42.6 Å². The molecule has 3 rings (SSSR count). The molecule has 3 heterocycles. The highest BCUT2D eigenvalue weighted by Gasteiger charge is 2.21. The third-order valence-corrected chi connectivity index (χ3v) is 4.62. The van der Waals surface area contributed by atoms with E-state index >= 15 is 0 Å². The molecule has 0 radical (unpaired) electrons. The van der Waals surface area contributed by atoms with Crippen molar-refractivity contribution in [3.8, 4) is 5.82 Å². The fourth-order valence-corrected chi connectivity index (χ4v) is 2.92. The number of imidazole rings is 1.